The maximum atomic E-state index is 13.6. The van der Waals surface area contributed by atoms with Crippen molar-refractivity contribution in [1.82, 2.24) is 20.6 Å². The van der Waals surface area contributed by atoms with Gasteiger partial charge in [0, 0.05) is 57.7 Å². The van der Waals surface area contributed by atoms with E-state index in [0.29, 0.717) is 18.7 Å². The second-order valence-corrected chi connectivity index (χ2v) is 12.4. The number of hydrogen-bond acceptors (Lipinski definition) is 5. The minimum absolute atomic E-state index is 0.201. The molecule has 0 fully saturated rings. The lowest BCUT2D eigenvalue weighted by Gasteiger charge is -2.18. The fraction of sp³-hybridized carbons (Fsp3) is 0.132. The zero-order valence-corrected chi connectivity index (χ0v) is 27.3. The van der Waals surface area contributed by atoms with Crippen molar-refractivity contribution in [2.45, 2.75) is 25.5 Å². The Hall–Kier alpha value is -5.61. The lowest BCUT2D eigenvalue weighted by atomic mass is 10.0. The highest BCUT2D eigenvalue weighted by molar-refractivity contribution is 9.10. The van der Waals surface area contributed by atoms with Crippen LogP contribution in [0.25, 0.3) is 32.8 Å². The Labute approximate surface area is 283 Å². The molecule has 7 aromatic rings. The minimum atomic E-state index is -0.943. The zero-order valence-electron chi connectivity index (χ0n) is 25.7. The molecule has 0 unspecified atom stereocenters. The van der Waals surface area contributed by atoms with Gasteiger partial charge >= 0.3 is 0 Å². The molecule has 0 aliphatic carbocycles. The molecule has 4 aromatic carbocycles. The number of rotatable bonds is 11. The van der Waals surface area contributed by atoms with E-state index in [-0.39, 0.29) is 35.7 Å². The average molecular weight is 704 g/mol. The van der Waals surface area contributed by atoms with Crippen molar-refractivity contribution in [3.8, 4) is 5.75 Å². The Morgan fingerprint density at radius 3 is 2.27 bits per heavy atom. The third-order valence-electron chi connectivity index (χ3n) is 8.34. The summed E-state index contributed by atoms with van der Waals surface area (Å²) in [4.78, 5) is 47.1. The summed E-state index contributed by atoms with van der Waals surface area (Å²) >= 11 is 3.42. The number of nitrogens with one attached hydrogen (secondary N) is 4. The molecule has 1 atom stereocenters. The molecule has 0 spiro atoms. The molecule has 3 aromatic heterocycles. The summed E-state index contributed by atoms with van der Waals surface area (Å²) in [5.74, 6) is -0.872. The molecule has 48 heavy (non-hydrogen) atoms. The molecular formula is C38H31BrN4O5. The van der Waals surface area contributed by atoms with Crippen molar-refractivity contribution in [1.29, 1.82) is 0 Å². The number of amides is 2. The first-order valence-electron chi connectivity index (χ1n) is 15.6. The highest BCUT2D eigenvalue weighted by atomic mass is 79.9. The number of aromatic nitrogens is 2. The predicted octanol–water partition coefficient (Wildman–Crippen LogP) is 6.80. The molecule has 7 rings (SSSR count). The number of carbonyl (C=O) groups excluding carboxylic acids is 2. The van der Waals surface area contributed by atoms with Gasteiger partial charge in [-0.05, 0) is 59.5 Å². The third-order valence-corrected chi connectivity index (χ3v) is 8.87. The normalized spacial score (nSPS) is 11.9. The SMILES string of the molecule is O=C(N[C@H](Cc1c[nH]c2ccccc12)C(=O)NCCc1c[nH]c2ccccc12)c1cc(=O)c2c(OCc3ccc(Br)cc3)cccc2o1. The fourth-order valence-electron chi connectivity index (χ4n) is 5.89. The molecule has 2 amide bonds. The zero-order chi connectivity index (χ0) is 33.0. The number of H-pyrrole nitrogens is 2. The maximum Gasteiger partial charge on any atom is 0.287 e. The quantitative estimate of drug-likeness (QED) is 0.118. The molecule has 0 aliphatic heterocycles. The van der Waals surface area contributed by atoms with Crippen molar-refractivity contribution in [2.24, 2.45) is 0 Å². The van der Waals surface area contributed by atoms with Crippen LogP contribution in [0.2, 0.25) is 0 Å². The summed E-state index contributed by atoms with van der Waals surface area (Å²) in [5.41, 5.74) is 4.62. The van der Waals surface area contributed by atoms with Gasteiger partial charge in [-0.2, -0.15) is 0 Å². The first-order valence-corrected chi connectivity index (χ1v) is 16.3. The van der Waals surface area contributed by atoms with E-state index in [1.807, 2.05) is 85.2 Å². The first-order chi connectivity index (χ1) is 23.4. The number of aromatic amines is 2. The highest BCUT2D eigenvalue weighted by Crippen LogP contribution is 2.25. The van der Waals surface area contributed by atoms with Crippen molar-refractivity contribution < 1.29 is 18.7 Å². The highest BCUT2D eigenvalue weighted by Gasteiger charge is 2.25. The van der Waals surface area contributed by atoms with E-state index in [1.165, 1.54) is 0 Å². The molecule has 0 bridgehead atoms. The molecule has 0 aliphatic rings. The van der Waals surface area contributed by atoms with Gasteiger partial charge in [-0.25, -0.2) is 0 Å². The van der Waals surface area contributed by atoms with E-state index >= 15 is 0 Å². The third kappa shape index (κ3) is 6.61. The van der Waals surface area contributed by atoms with Crippen LogP contribution in [0.4, 0.5) is 0 Å². The van der Waals surface area contributed by atoms with Gasteiger partial charge < -0.3 is 29.8 Å². The predicted molar refractivity (Wildman–Crippen MR) is 189 cm³/mol. The van der Waals surface area contributed by atoms with Crippen molar-refractivity contribution in [3.63, 3.8) is 0 Å². The fourth-order valence-corrected chi connectivity index (χ4v) is 6.16. The van der Waals surface area contributed by atoms with Gasteiger partial charge in [0.1, 0.15) is 29.4 Å². The summed E-state index contributed by atoms with van der Waals surface area (Å²) in [6.07, 6.45) is 4.62. The van der Waals surface area contributed by atoms with E-state index in [1.54, 1.807) is 18.2 Å². The number of halogens is 1. The topological polar surface area (TPSA) is 129 Å². The smallest absolute Gasteiger partial charge is 0.287 e. The van der Waals surface area contributed by atoms with Crippen molar-refractivity contribution in [3.05, 3.63) is 147 Å². The van der Waals surface area contributed by atoms with Gasteiger partial charge in [-0.15, -0.1) is 0 Å². The van der Waals surface area contributed by atoms with E-state index < -0.39 is 17.4 Å². The number of benzene rings is 4. The second kappa shape index (κ2) is 13.6. The number of para-hydroxylation sites is 2. The molecule has 3 heterocycles. The van der Waals surface area contributed by atoms with E-state index in [2.05, 4.69) is 36.5 Å². The molecule has 4 N–H and O–H groups in total. The van der Waals surface area contributed by atoms with Crippen LogP contribution >= 0.6 is 15.9 Å². The van der Waals surface area contributed by atoms with Crippen molar-refractivity contribution >= 4 is 60.5 Å². The monoisotopic (exact) mass is 702 g/mol. The number of fused-ring (bicyclic) bond motifs is 3. The van der Waals surface area contributed by atoms with Crippen molar-refractivity contribution in [2.75, 3.05) is 6.54 Å². The Morgan fingerprint density at radius 1 is 0.833 bits per heavy atom. The lowest BCUT2D eigenvalue weighted by Crippen LogP contribution is -2.48. The van der Waals surface area contributed by atoms with Crippen LogP contribution in [-0.4, -0.2) is 34.4 Å². The summed E-state index contributed by atoms with van der Waals surface area (Å²) in [6, 6.07) is 28.6. The number of ether oxygens (including phenoxy) is 1. The van der Waals surface area contributed by atoms with Crippen LogP contribution in [0, 0.1) is 0 Å². The largest absolute Gasteiger partial charge is 0.488 e. The Balaban J connectivity index is 1.10. The van der Waals surface area contributed by atoms with Gasteiger partial charge in [0.25, 0.3) is 5.91 Å². The molecule has 0 radical (unpaired) electrons. The van der Waals surface area contributed by atoms with E-state index in [4.69, 9.17) is 9.15 Å². The molecule has 240 valence electrons. The average Bonchev–Trinajstić information content (AvgIpc) is 3.71. The van der Waals surface area contributed by atoms with Gasteiger partial charge in [-0.3, -0.25) is 14.4 Å². The molecule has 9 nitrogen and oxygen atoms in total. The molecule has 10 heteroatoms. The summed E-state index contributed by atoms with van der Waals surface area (Å²) in [6.45, 7) is 0.619. The second-order valence-electron chi connectivity index (χ2n) is 11.5. The molecule has 0 saturated carbocycles. The van der Waals surface area contributed by atoms with Crippen LogP contribution in [0.3, 0.4) is 0 Å². The molecule has 0 saturated heterocycles. The van der Waals surface area contributed by atoms with Gasteiger partial charge in [0.15, 0.2) is 11.2 Å². The van der Waals surface area contributed by atoms with Gasteiger partial charge in [-0.1, -0.05) is 70.5 Å². The number of hydrogen-bond donors (Lipinski definition) is 4. The Kier molecular flexibility index (Phi) is 8.80. The minimum Gasteiger partial charge on any atom is -0.488 e. The Bertz CT molecular complexity index is 2320. The van der Waals surface area contributed by atoms with E-state index in [0.717, 1.165) is 49.0 Å². The molecular weight excluding hydrogens is 672 g/mol. The lowest BCUT2D eigenvalue weighted by molar-refractivity contribution is -0.122. The van der Waals surface area contributed by atoms with Gasteiger partial charge in [0.2, 0.25) is 5.91 Å². The van der Waals surface area contributed by atoms with Crippen LogP contribution in [0.15, 0.2) is 123 Å². The summed E-state index contributed by atoms with van der Waals surface area (Å²) in [5, 5.41) is 8.11. The Morgan fingerprint density at radius 2 is 1.52 bits per heavy atom. The standard InChI is InChI=1S/C38H31BrN4O5/c39-26-14-12-23(13-15-26)22-47-33-10-5-11-34-36(33)32(44)19-35(48-34)38(46)43-31(18-25-21-42-30-9-4-2-7-28(25)30)37(45)40-17-16-24-20-41-29-8-3-1-6-27(24)29/h1-15,19-21,31,41-42H,16-18,22H2,(H,40,45)(H,43,46)/t31-/m1/s1. The van der Waals surface area contributed by atoms with Gasteiger partial charge in [0.05, 0.1) is 0 Å². The van der Waals surface area contributed by atoms with Crippen LogP contribution < -0.4 is 20.8 Å². The van der Waals surface area contributed by atoms with E-state index in [9.17, 15) is 14.4 Å². The van der Waals surface area contributed by atoms with Crippen LogP contribution in [0.1, 0.15) is 27.2 Å². The summed E-state index contributed by atoms with van der Waals surface area (Å²) in [7, 11) is 0. The summed E-state index contributed by atoms with van der Waals surface area (Å²) < 4.78 is 12.9. The van der Waals surface area contributed by atoms with Crippen LogP contribution in [-0.2, 0) is 24.2 Å². The van der Waals surface area contributed by atoms with Crippen LogP contribution in [0.5, 0.6) is 5.75 Å². The first kappa shape index (κ1) is 31.0. The number of carbonyl (C=O) groups is 2. The maximum absolute atomic E-state index is 13.6.